The topological polar surface area (TPSA) is 84.2 Å². The number of ether oxygens (including phenoxy) is 2. The highest BCUT2D eigenvalue weighted by atomic mass is 32.2. The van der Waals surface area contributed by atoms with Crippen LogP contribution in [0, 0.1) is 11.3 Å². The molecule has 6 nitrogen and oxygen atoms in total. The average molecular weight is 353 g/mol. The largest absolute Gasteiger partial charge is 0.454 e. The molecule has 4 rings (SSSR count). The Morgan fingerprint density at radius 2 is 2.16 bits per heavy atom. The molecule has 1 N–H and O–H groups in total. The number of aromatic nitrogens is 1. The Morgan fingerprint density at radius 3 is 3.04 bits per heavy atom. The lowest BCUT2D eigenvalue weighted by Gasteiger charge is -2.08. The van der Waals surface area contributed by atoms with Gasteiger partial charge >= 0.3 is 0 Å². The molecule has 2 aromatic rings. The third kappa shape index (κ3) is 3.26. The highest BCUT2D eigenvalue weighted by Gasteiger charge is 2.18. The third-order valence-corrected chi connectivity index (χ3v) is 5.12. The molecule has 1 aliphatic heterocycles. The zero-order valence-corrected chi connectivity index (χ0v) is 14.2. The SMILES string of the molecule is N#Cc1cc2c(nc1SCC(=O)Nc1ccc3c(c1)OCO3)CCC2. The van der Waals surface area contributed by atoms with Gasteiger partial charge in [0.15, 0.2) is 11.5 Å². The Labute approximate surface area is 149 Å². The number of nitriles is 1. The van der Waals surface area contributed by atoms with E-state index in [9.17, 15) is 10.1 Å². The maximum atomic E-state index is 12.2. The van der Waals surface area contributed by atoms with Crippen LogP contribution in [0.3, 0.4) is 0 Å². The number of amides is 1. The van der Waals surface area contributed by atoms with Gasteiger partial charge in [0.05, 0.1) is 11.3 Å². The summed E-state index contributed by atoms with van der Waals surface area (Å²) in [6.45, 7) is 0.198. The van der Waals surface area contributed by atoms with Crippen molar-refractivity contribution in [3.63, 3.8) is 0 Å². The maximum absolute atomic E-state index is 12.2. The number of carbonyl (C=O) groups excluding carboxylic acids is 1. The second-order valence-electron chi connectivity index (χ2n) is 5.82. The van der Waals surface area contributed by atoms with E-state index in [0.29, 0.717) is 27.8 Å². The first-order valence-corrected chi connectivity index (χ1v) is 8.96. The van der Waals surface area contributed by atoms with Crippen LogP contribution in [0.1, 0.15) is 23.2 Å². The van der Waals surface area contributed by atoms with E-state index in [1.165, 1.54) is 11.8 Å². The summed E-state index contributed by atoms with van der Waals surface area (Å²) in [6.07, 6.45) is 3.00. The molecule has 0 fully saturated rings. The fourth-order valence-corrected chi connectivity index (χ4v) is 3.72. The molecule has 0 saturated heterocycles. The summed E-state index contributed by atoms with van der Waals surface area (Å²) >= 11 is 1.29. The van der Waals surface area contributed by atoms with Gasteiger partial charge in [-0.3, -0.25) is 4.79 Å². The predicted octanol–water partition coefficient (Wildman–Crippen LogP) is 2.90. The van der Waals surface area contributed by atoms with E-state index in [1.807, 2.05) is 6.07 Å². The van der Waals surface area contributed by atoms with Crippen LogP contribution in [0.25, 0.3) is 0 Å². The van der Waals surface area contributed by atoms with Crippen molar-refractivity contribution in [2.75, 3.05) is 17.9 Å². The first kappa shape index (κ1) is 15.8. The molecular weight excluding hydrogens is 338 g/mol. The summed E-state index contributed by atoms with van der Waals surface area (Å²) in [7, 11) is 0. The smallest absolute Gasteiger partial charge is 0.234 e. The zero-order valence-electron chi connectivity index (χ0n) is 13.4. The van der Waals surface area contributed by atoms with Crippen LogP contribution in [0.5, 0.6) is 11.5 Å². The maximum Gasteiger partial charge on any atom is 0.234 e. The van der Waals surface area contributed by atoms with E-state index < -0.39 is 0 Å². The lowest BCUT2D eigenvalue weighted by Crippen LogP contribution is -2.14. The Kier molecular flexibility index (Phi) is 4.20. The number of aryl methyl sites for hydroxylation is 2. The van der Waals surface area contributed by atoms with Crippen LogP contribution in [0.15, 0.2) is 29.3 Å². The quantitative estimate of drug-likeness (QED) is 0.851. The van der Waals surface area contributed by atoms with Gasteiger partial charge in [-0.1, -0.05) is 11.8 Å². The summed E-state index contributed by atoms with van der Waals surface area (Å²) in [4.78, 5) is 16.8. The summed E-state index contributed by atoms with van der Waals surface area (Å²) in [6, 6.07) is 9.36. The molecule has 0 saturated carbocycles. The Morgan fingerprint density at radius 1 is 1.28 bits per heavy atom. The first-order valence-electron chi connectivity index (χ1n) is 7.98. The number of benzene rings is 1. The van der Waals surface area contributed by atoms with Crippen molar-refractivity contribution in [2.45, 2.75) is 24.3 Å². The fraction of sp³-hybridized carbons (Fsp3) is 0.278. The number of nitrogens with one attached hydrogen (secondary N) is 1. The molecule has 126 valence electrons. The third-order valence-electron chi connectivity index (χ3n) is 4.13. The number of rotatable bonds is 4. The number of pyridine rings is 1. The number of anilines is 1. The van der Waals surface area contributed by atoms with Crippen molar-refractivity contribution in [3.8, 4) is 17.6 Å². The van der Waals surface area contributed by atoms with Gasteiger partial charge in [-0.2, -0.15) is 5.26 Å². The number of hydrogen-bond donors (Lipinski definition) is 1. The molecule has 0 spiro atoms. The van der Waals surface area contributed by atoms with Crippen LogP contribution < -0.4 is 14.8 Å². The van der Waals surface area contributed by atoms with E-state index in [4.69, 9.17) is 9.47 Å². The average Bonchev–Trinajstić information content (AvgIpc) is 3.26. The van der Waals surface area contributed by atoms with Gasteiger partial charge in [0.2, 0.25) is 12.7 Å². The molecule has 25 heavy (non-hydrogen) atoms. The Hall–Kier alpha value is -2.72. The molecule has 2 aliphatic rings. The van der Waals surface area contributed by atoms with Crippen molar-refractivity contribution in [1.82, 2.24) is 4.98 Å². The molecule has 0 atom stereocenters. The van der Waals surface area contributed by atoms with E-state index >= 15 is 0 Å². The molecule has 2 heterocycles. The van der Waals surface area contributed by atoms with Crippen LogP contribution in [0.4, 0.5) is 5.69 Å². The number of carbonyl (C=O) groups is 1. The Balaban J connectivity index is 1.41. The van der Waals surface area contributed by atoms with E-state index in [0.717, 1.165) is 30.5 Å². The standard InChI is InChI=1S/C18H15N3O3S/c19-8-12-6-11-2-1-3-14(11)21-18(12)25-9-17(22)20-13-4-5-15-16(7-13)24-10-23-15/h4-7H,1-3,9-10H2,(H,20,22). The van der Waals surface area contributed by atoms with Crippen molar-refractivity contribution >= 4 is 23.4 Å². The van der Waals surface area contributed by atoms with Gasteiger partial charge in [0.25, 0.3) is 0 Å². The molecule has 0 unspecified atom stereocenters. The minimum Gasteiger partial charge on any atom is -0.454 e. The fourth-order valence-electron chi connectivity index (χ4n) is 2.95. The summed E-state index contributed by atoms with van der Waals surface area (Å²) in [5, 5.41) is 12.8. The summed E-state index contributed by atoms with van der Waals surface area (Å²) in [5.41, 5.74) is 3.40. The van der Waals surface area contributed by atoms with Gasteiger partial charge in [0, 0.05) is 17.4 Å². The number of nitrogens with zero attached hydrogens (tertiary/aromatic N) is 2. The molecule has 1 aliphatic carbocycles. The van der Waals surface area contributed by atoms with Crippen molar-refractivity contribution in [2.24, 2.45) is 0 Å². The highest BCUT2D eigenvalue weighted by Crippen LogP contribution is 2.34. The second kappa shape index (κ2) is 6.65. The van der Waals surface area contributed by atoms with Crippen LogP contribution in [-0.4, -0.2) is 23.4 Å². The highest BCUT2D eigenvalue weighted by molar-refractivity contribution is 8.00. The lowest BCUT2D eigenvalue weighted by molar-refractivity contribution is -0.113. The van der Waals surface area contributed by atoms with E-state index in [1.54, 1.807) is 18.2 Å². The van der Waals surface area contributed by atoms with Crippen molar-refractivity contribution in [3.05, 3.63) is 41.1 Å². The van der Waals surface area contributed by atoms with Gasteiger partial charge in [0.1, 0.15) is 11.1 Å². The monoisotopic (exact) mass is 353 g/mol. The van der Waals surface area contributed by atoms with E-state index in [2.05, 4.69) is 16.4 Å². The molecule has 1 amide bonds. The van der Waals surface area contributed by atoms with Gasteiger partial charge in [-0.25, -0.2) is 4.98 Å². The molecule has 0 bridgehead atoms. The van der Waals surface area contributed by atoms with E-state index in [-0.39, 0.29) is 18.5 Å². The Bertz CT molecular complexity index is 892. The van der Waals surface area contributed by atoms with Crippen molar-refractivity contribution < 1.29 is 14.3 Å². The zero-order chi connectivity index (χ0) is 17.2. The molecule has 1 aromatic heterocycles. The second-order valence-corrected chi connectivity index (χ2v) is 6.78. The summed E-state index contributed by atoms with van der Waals surface area (Å²) in [5.74, 6) is 1.33. The lowest BCUT2D eigenvalue weighted by atomic mass is 10.2. The minimum atomic E-state index is -0.157. The van der Waals surface area contributed by atoms with Crippen LogP contribution >= 0.6 is 11.8 Å². The van der Waals surface area contributed by atoms with Gasteiger partial charge in [-0.05, 0) is 43.0 Å². The predicted molar refractivity (Wildman–Crippen MR) is 92.9 cm³/mol. The number of fused-ring (bicyclic) bond motifs is 2. The van der Waals surface area contributed by atoms with Crippen LogP contribution in [-0.2, 0) is 17.6 Å². The normalized spacial score (nSPS) is 14.0. The molecular formula is C18H15N3O3S. The molecule has 0 radical (unpaired) electrons. The van der Waals surface area contributed by atoms with Gasteiger partial charge in [-0.15, -0.1) is 0 Å². The molecule has 7 heteroatoms. The molecule has 1 aromatic carbocycles. The first-order chi connectivity index (χ1) is 12.2. The van der Waals surface area contributed by atoms with Gasteiger partial charge < -0.3 is 14.8 Å². The number of thioether (sulfide) groups is 1. The number of hydrogen-bond acceptors (Lipinski definition) is 6. The summed E-state index contributed by atoms with van der Waals surface area (Å²) < 4.78 is 10.5. The minimum absolute atomic E-state index is 0.157. The van der Waals surface area contributed by atoms with Crippen LogP contribution in [0.2, 0.25) is 0 Å². The van der Waals surface area contributed by atoms with Crippen molar-refractivity contribution in [1.29, 1.82) is 5.26 Å².